The molecule has 2 aliphatic rings. The summed E-state index contributed by atoms with van der Waals surface area (Å²) in [5.74, 6) is 0.766. The quantitative estimate of drug-likeness (QED) is 0.582. The van der Waals surface area contributed by atoms with Gasteiger partial charge in [-0.3, -0.25) is 4.79 Å². The maximum absolute atomic E-state index is 12.0. The lowest BCUT2D eigenvalue weighted by molar-refractivity contribution is -0.143. The number of aliphatic hydroxyl groups is 1. The first kappa shape index (κ1) is 12.8. The zero-order valence-corrected chi connectivity index (χ0v) is 10.4. The smallest absolute Gasteiger partial charge is 0.225 e. The molecule has 4 N–H and O–H groups in total. The van der Waals surface area contributed by atoms with Crippen molar-refractivity contribution in [2.45, 2.75) is 38.0 Å². The van der Waals surface area contributed by atoms with Crippen LogP contribution in [-0.4, -0.2) is 48.3 Å². The number of amides is 1. The number of nitrogens with zero attached hydrogens (tertiary/aromatic N) is 1. The van der Waals surface area contributed by atoms with Gasteiger partial charge < -0.3 is 21.1 Å². The molecule has 1 saturated heterocycles. The van der Waals surface area contributed by atoms with Gasteiger partial charge in [0.25, 0.3) is 0 Å². The van der Waals surface area contributed by atoms with Crippen LogP contribution in [-0.2, 0) is 4.79 Å². The van der Waals surface area contributed by atoms with Crippen molar-refractivity contribution < 1.29 is 9.90 Å². The minimum absolute atomic E-state index is 0.0396. The van der Waals surface area contributed by atoms with Gasteiger partial charge >= 0.3 is 0 Å². The summed E-state index contributed by atoms with van der Waals surface area (Å²) < 4.78 is 0. The molecule has 0 aromatic heterocycles. The summed E-state index contributed by atoms with van der Waals surface area (Å²) in [6.45, 7) is 1.62. The van der Waals surface area contributed by atoms with E-state index < -0.39 is 0 Å². The molecule has 1 amide bonds. The van der Waals surface area contributed by atoms with E-state index in [4.69, 9.17) is 5.73 Å². The van der Waals surface area contributed by atoms with Crippen LogP contribution in [0.25, 0.3) is 0 Å². The van der Waals surface area contributed by atoms with E-state index in [2.05, 4.69) is 5.32 Å². The van der Waals surface area contributed by atoms with Crippen LogP contribution in [0.5, 0.6) is 0 Å². The molecule has 2 rings (SSSR count). The Labute approximate surface area is 102 Å². The van der Waals surface area contributed by atoms with E-state index in [0.29, 0.717) is 18.8 Å². The van der Waals surface area contributed by atoms with Crippen molar-refractivity contribution in [3.05, 3.63) is 0 Å². The number of piperidine rings is 1. The predicted molar refractivity (Wildman–Crippen MR) is 65.1 cm³/mol. The zero-order chi connectivity index (χ0) is 12.4. The molecule has 1 aliphatic heterocycles. The normalized spacial score (nSPS) is 32.1. The molecule has 0 spiro atoms. The van der Waals surface area contributed by atoms with Gasteiger partial charge in [-0.1, -0.05) is 0 Å². The molecule has 1 atom stereocenters. The van der Waals surface area contributed by atoms with Crippen molar-refractivity contribution in [1.82, 2.24) is 10.2 Å². The minimum atomic E-state index is -0.251. The Morgan fingerprint density at radius 3 is 2.47 bits per heavy atom. The van der Waals surface area contributed by atoms with Gasteiger partial charge in [-0.15, -0.1) is 0 Å². The predicted octanol–water partition coefficient (Wildman–Crippen LogP) is -0.500. The Morgan fingerprint density at radius 1 is 1.41 bits per heavy atom. The molecule has 0 radical (unpaired) electrons. The van der Waals surface area contributed by atoms with Gasteiger partial charge in [0.15, 0.2) is 0 Å². The second kappa shape index (κ2) is 5.33. The number of hydrogen-bond acceptors (Lipinski definition) is 4. The first-order chi connectivity index (χ1) is 8.11. The van der Waals surface area contributed by atoms with Gasteiger partial charge in [0, 0.05) is 19.0 Å². The average molecular weight is 241 g/mol. The summed E-state index contributed by atoms with van der Waals surface area (Å²) in [6, 6.07) is 0. The lowest BCUT2D eigenvalue weighted by atomic mass is 9.81. The van der Waals surface area contributed by atoms with Crippen LogP contribution in [0.1, 0.15) is 25.7 Å². The van der Waals surface area contributed by atoms with Crippen molar-refractivity contribution in [3.8, 4) is 0 Å². The third-order valence-electron chi connectivity index (χ3n) is 4.15. The third kappa shape index (κ3) is 2.78. The zero-order valence-electron chi connectivity index (χ0n) is 10.4. The molecule has 0 bridgehead atoms. The monoisotopic (exact) mass is 241 g/mol. The number of hydrogen-bond donors (Lipinski definition) is 3. The minimum Gasteiger partial charge on any atom is -0.393 e. The topological polar surface area (TPSA) is 78.6 Å². The van der Waals surface area contributed by atoms with Crippen molar-refractivity contribution in [1.29, 1.82) is 0 Å². The van der Waals surface area contributed by atoms with Crippen molar-refractivity contribution in [3.63, 3.8) is 0 Å². The molecule has 5 nitrogen and oxygen atoms in total. The second-order valence-corrected chi connectivity index (χ2v) is 5.30. The summed E-state index contributed by atoms with van der Waals surface area (Å²) in [6.07, 6.45) is 3.03. The maximum atomic E-state index is 12.0. The number of nitrogens with one attached hydrogen (secondary N) is 1. The first-order valence-electron chi connectivity index (χ1n) is 6.51. The summed E-state index contributed by atoms with van der Waals surface area (Å²) >= 11 is 0. The molecular weight excluding hydrogens is 218 g/mol. The number of aliphatic hydroxyl groups excluding tert-OH is 1. The molecule has 0 aromatic rings. The van der Waals surface area contributed by atoms with Crippen LogP contribution in [0.3, 0.4) is 0 Å². The molecule has 1 saturated carbocycles. The number of likely N-dealkylation sites (tertiary alicyclic amines) is 1. The Balaban J connectivity index is 1.77. The van der Waals surface area contributed by atoms with Gasteiger partial charge in [0.1, 0.15) is 0 Å². The van der Waals surface area contributed by atoms with Gasteiger partial charge in [-0.05, 0) is 38.6 Å². The van der Waals surface area contributed by atoms with Crippen molar-refractivity contribution in [2.24, 2.45) is 17.6 Å². The number of nitrogens with two attached hydrogens (primary N) is 1. The summed E-state index contributed by atoms with van der Waals surface area (Å²) in [5.41, 5.74) is 5.94. The Hall–Kier alpha value is -0.650. The van der Waals surface area contributed by atoms with Crippen molar-refractivity contribution >= 4 is 5.91 Å². The van der Waals surface area contributed by atoms with E-state index in [1.807, 2.05) is 11.9 Å². The SMILES string of the molecule is CNC(N)C1CCN(C(=O)C2CC(O)C2)CC1. The molecule has 2 fully saturated rings. The Kier molecular flexibility index (Phi) is 4.01. The van der Waals surface area contributed by atoms with Crippen LogP contribution in [0.4, 0.5) is 0 Å². The summed E-state index contributed by atoms with van der Waals surface area (Å²) in [4.78, 5) is 14.0. The van der Waals surface area contributed by atoms with Gasteiger partial charge in [0.2, 0.25) is 5.91 Å². The highest BCUT2D eigenvalue weighted by atomic mass is 16.3. The van der Waals surface area contributed by atoms with E-state index in [1.165, 1.54) is 0 Å². The van der Waals surface area contributed by atoms with E-state index in [-0.39, 0.29) is 24.1 Å². The highest BCUT2D eigenvalue weighted by Gasteiger charge is 2.37. The fourth-order valence-corrected chi connectivity index (χ4v) is 2.76. The van der Waals surface area contributed by atoms with E-state index >= 15 is 0 Å². The number of carbonyl (C=O) groups is 1. The summed E-state index contributed by atoms with van der Waals surface area (Å²) in [5, 5.41) is 12.3. The first-order valence-corrected chi connectivity index (χ1v) is 6.51. The fraction of sp³-hybridized carbons (Fsp3) is 0.917. The van der Waals surface area contributed by atoms with Gasteiger partial charge in [-0.25, -0.2) is 0 Å². The average Bonchev–Trinajstić information content (AvgIpc) is 2.33. The van der Waals surface area contributed by atoms with Crippen molar-refractivity contribution in [2.75, 3.05) is 20.1 Å². The Morgan fingerprint density at radius 2 is 2.00 bits per heavy atom. The molecule has 17 heavy (non-hydrogen) atoms. The maximum Gasteiger partial charge on any atom is 0.225 e. The Bertz CT molecular complexity index is 271. The lowest BCUT2D eigenvalue weighted by Gasteiger charge is -2.39. The van der Waals surface area contributed by atoms with Crippen LogP contribution in [0.2, 0.25) is 0 Å². The highest BCUT2D eigenvalue weighted by Crippen LogP contribution is 2.30. The van der Waals surface area contributed by atoms with Crippen LogP contribution in [0.15, 0.2) is 0 Å². The second-order valence-electron chi connectivity index (χ2n) is 5.30. The molecule has 5 heteroatoms. The van der Waals surface area contributed by atoms with E-state index in [1.54, 1.807) is 0 Å². The molecule has 0 aromatic carbocycles. The highest BCUT2D eigenvalue weighted by molar-refractivity contribution is 5.79. The van der Waals surface area contributed by atoms with E-state index in [9.17, 15) is 9.90 Å². The number of rotatable bonds is 3. The van der Waals surface area contributed by atoms with E-state index in [0.717, 1.165) is 25.9 Å². The number of carbonyl (C=O) groups excluding carboxylic acids is 1. The van der Waals surface area contributed by atoms with Gasteiger partial charge in [0.05, 0.1) is 12.3 Å². The third-order valence-corrected chi connectivity index (χ3v) is 4.15. The lowest BCUT2D eigenvalue weighted by Crippen LogP contribution is -2.50. The molecular formula is C12H23N3O2. The standard InChI is InChI=1S/C12H23N3O2/c1-14-11(13)8-2-4-15(5-3-8)12(17)9-6-10(16)7-9/h8-11,14,16H,2-7,13H2,1H3. The van der Waals surface area contributed by atoms with Crippen LogP contribution < -0.4 is 11.1 Å². The molecule has 1 aliphatic carbocycles. The molecule has 1 unspecified atom stereocenters. The molecule has 98 valence electrons. The largest absolute Gasteiger partial charge is 0.393 e. The van der Waals surface area contributed by atoms with Gasteiger partial charge in [-0.2, -0.15) is 0 Å². The fourth-order valence-electron chi connectivity index (χ4n) is 2.76. The van der Waals surface area contributed by atoms with Crippen LogP contribution >= 0.6 is 0 Å². The summed E-state index contributed by atoms with van der Waals surface area (Å²) in [7, 11) is 1.87. The van der Waals surface area contributed by atoms with Crippen LogP contribution in [0, 0.1) is 11.8 Å². The molecule has 1 heterocycles.